The summed E-state index contributed by atoms with van der Waals surface area (Å²) in [6, 6.07) is -0.590. The number of thioether (sulfide) groups is 1. The van der Waals surface area contributed by atoms with Gasteiger partial charge in [0.25, 0.3) is 0 Å². The Morgan fingerprint density at radius 2 is 2.23 bits per heavy atom. The number of nitrogens with two attached hydrogens (primary N) is 1. The summed E-state index contributed by atoms with van der Waals surface area (Å²) in [5.41, 5.74) is 6.34. The van der Waals surface area contributed by atoms with Crippen LogP contribution in [0.25, 0.3) is 0 Å². The normalized spacial score (nSPS) is 11.8. The lowest BCUT2D eigenvalue weighted by molar-refractivity contribution is -0.119. The number of ether oxygens (including phenoxy) is 1. The molecule has 0 aromatic carbocycles. The fourth-order valence-corrected chi connectivity index (χ4v) is 3.64. The molecule has 26 heavy (non-hydrogen) atoms. The maximum Gasteiger partial charge on any atom is 0.350 e. The number of rotatable bonds is 8. The van der Waals surface area contributed by atoms with Crippen LogP contribution in [0.5, 0.6) is 0 Å². The number of nitrogen functional groups attached to an aromatic ring is 1. The maximum atomic E-state index is 12.7. The number of carbonyl (C=O) groups is 2. The Hall–Kier alpha value is -2.40. The summed E-state index contributed by atoms with van der Waals surface area (Å²) in [6.45, 7) is 7.15. The van der Waals surface area contributed by atoms with Gasteiger partial charge >= 0.3 is 5.97 Å². The van der Waals surface area contributed by atoms with Gasteiger partial charge in [-0.3, -0.25) is 9.36 Å². The van der Waals surface area contributed by atoms with E-state index in [0.717, 1.165) is 11.3 Å². The van der Waals surface area contributed by atoms with Crippen LogP contribution in [0.3, 0.4) is 0 Å². The zero-order chi connectivity index (χ0) is 19.3. The second kappa shape index (κ2) is 8.81. The molecule has 0 aliphatic heterocycles. The predicted octanol–water partition coefficient (Wildman–Crippen LogP) is 2.28. The van der Waals surface area contributed by atoms with Gasteiger partial charge in [0.1, 0.15) is 17.5 Å². The standard InChI is InChI=1S/C15H20N6O3S2/c1-5-7-24-12(23)10-8(3)17-14(26-10)18-11(22)9(6-2)21-13(16)19-20-15(21)25-4/h5,9H,1,6-7H2,2-4H3,(H2,16,19)(H,17,18,22). The number of hydrogen-bond acceptors (Lipinski definition) is 9. The average molecular weight is 396 g/mol. The summed E-state index contributed by atoms with van der Waals surface area (Å²) >= 11 is 2.41. The lowest BCUT2D eigenvalue weighted by atomic mass is 10.2. The molecule has 0 radical (unpaired) electrons. The predicted molar refractivity (Wildman–Crippen MR) is 102 cm³/mol. The molecule has 11 heteroatoms. The van der Waals surface area contributed by atoms with Crippen molar-refractivity contribution in [1.29, 1.82) is 0 Å². The Morgan fingerprint density at radius 3 is 2.85 bits per heavy atom. The summed E-state index contributed by atoms with van der Waals surface area (Å²) in [4.78, 5) is 29.2. The zero-order valence-electron chi connectivity index (χ0n) is 14.7. The molecule has 0 saturated carbocycles. The molecule has 1 unspecified atom stereocenters. The minimum absolute atomic E-state index is 0.111. The van der Waals surface area contributed by atoms with Crippen LogP contribution in [-0.2, 0) is 9.53 Å². The van der Waals surface area contributed by atoms with Gasteiger partial charge in [-0.1, -0.05) is 42.7 Å². The third-order valence-corrected chi connectivity index (χ3v) is 5.12. The second-order valence-corrected chi connectivity index (χ2v) is 6.92. The molecule has 0 aliphatic carbocycles. The number of anilines is 2. The van der Waals surface area contributed by atoms with Crippen molar-refractivity contribution in [3.63, 3.8) is 0 Å². The van der Waals surface area contributed by atoms with Crippen LogP contribution in [0.2, 0.25) is 0 Å². The highest BCUT2D eigenvalue weighted by Gasteiger charge is 2.26. The van der Waals surface area contributed by atoms with E-state index < -0.39 is 12.0 Å². The van der Waals surface area contributed by atoms with Gasteiger partial charge in [-0.15, -0.1) is 10.2 Å². The topological polar surface area (TPSA) is 125 Å². The molecule has 2 aromatic heterocycles. The van der Waals surface area contributed by atoms with E-state index in [4.69, 9.17) is 10.5 Å². The van der Waals surface area contributed by atoms with Gasteiger partial charge in [0.15, 0.2) is 10.3 Å². The Balaban J connectivity index is 2.19. The van der Waals surface area contributed by atoms with E-state index >= 15 is 0 Å². The lowest BCUT2D eigenvalue weighted by Crippen LogP contribution is -2.27. The van der Waals surface area contributed by atoms with Crippen LogP contribution in [-0.4, -0.2) is 44.5 Å². The van der Waals surface area contributed by atoms with Crippen molar-refractivity contribution in [2.75, 3.05) is 23.9 Å². The molecule has 0 saturated heterocycles. The molecule has 1 atom stereocenters. The fourth-order valence-electron chi connectivity index (χ4n) is 2.23. The molecule has 9 nitrogen and oxygen atoms in total. The van der Waals surface area contributed by atoms with E-state index in [9.17, 15) is 9.59 Å². The van der Waals surface area contributed by atoms with E-state index in [1.54, 1.807) is 11.5 Å². The molecule has 1 amide bonds. The van der Waals surface area contributed by atoms with E-state index in [1.165, 1.54) is 17.8 Å². The third kappa shape index (κ3) is 4.22. The van der Waals surface area contributed by atoms with E-state index in [1.807, 2.05) is 13.2 Å². The van der Waals surface area contributed by atoms with Gasteiger partial charge in [-0.05, 0) is 19.6 Å². The first-order chi connectivity index (χ1) is 12.4. The first-order valence-electron chi connectivity index (χ1n) is 7.73. The van der Waals surface area contributed by atoms with Crippen LogP contribution in [0.1, 0.15) is 34.8 Å². The van der Waals surface area contributed by atoms with Crippen LogP contribution < -0.4 is 11.1 Å². The first-order valence-corrected chi connectivity index (χ1v) is 9.77. The van der Waals surface area contributed by atoms with Gasteiger partial charge in [0.05, 0.1) is 5.69 Å². The number of nitrogens with zero attached hydrogens (tertiary/aromatic N) is 4. The Kier molecular flexibility index (Phi) is 6.75. The lowest BCUT2D eigenvalue weighted by Gasteiger charge is -2.17. The third-order valence-electron chi connectivity index (χ3n) is 3.42. The highest BCUT2D eigenvalue weighted by molar-refractivity contribution is 7.98. The largest absolute Gasteiger partial charge is 0.457 e. The summed E-state index contributed by atoms with van der Waals surface area (Å²) in [5.74, 6) is -0.644. The van der Waals surface area contributed by atoms with E-state index in [2.05, 4.69) is 27.1 Å². The van der Waals surface area contributed by atoms with Gasteiger partial charge < -0.3 is 15.8 Å². The highest BCUT2D eigenvalue weighted by Crippen LogP contribution is 2.27. The summed E-state index contributed by atoms with van der Waals surface area (Å²) in [5, 5.41) is 11.4. The van der Waals surface area contributed by atoms with Crippen LogP contribution in [0, 0.1) is 6.92 Å². The number of aryl methyl sites for hydroxylation is 1. The van der Waals surface area contributed by atoms with Gasteiger partial charge in [-0.25, -0.2) is 9.78 Å². The highest BCUT2D eigenvalue weighted by atomic mass is 32.2. The van der Waals surface area contributed by atoms with E-state index in [-0.39, 0.29) is 18.5 Å². The van der Waals surface area contributed by atoms with Crippen molar-refractivity contribution in [2.24, 2.45) is 0 Å². The number of nitrogens with one attached hydrogen (secondary N) is 1. The second-order valence-electron chi connectivity index (χ2n) is 5.15. The molecule has 2 aromatic rings. The molecular weight excluding hydrogens is 376 g/mol. The molecule has 140 valence electrons. The SMILES string of the molecule is C=CCOC(=O)c1sc(NC(=O)C(CC)n2c(N)nnc2SC)nc1C. The molecule has 0 bridgehead atoms. The van der Waals surface area contributed by atoms with Crippen molar-refractivity contribution < 1.29 is 14.3 Å². The number of thiazole rings is 1. The van der Waals surface area contributed by atoms with E-state index in [0.29, 0.717) is 27.3 Å². The van der Waals surface area contributed by atoms with Crippen molar-refractivity contribution >= 4 is 46.1 Å². The summed E-state index contributed by atoms with van der Waals surface area (Å²) in [7, 11) is 0. The monoisotopic (exact) mass is 396 g/mol. The molecule has 3 N–H and O–H groups in total. The Morgan fingerprint density at radius 1 is 1.50 bits per heavy atom. The summed E-state index contributed by atoms with van der Waals surface area (Å²) < 4.78 is 6.59. The number of aromatic nitrogens is 4. The number of hydrogen-bond donors (Lipinski definition) is 2. The first kappa shape index (κ1) is 19.9. The molecular formula is C15H20N6O3S2. The number of carbonyl (C=O) groups excluding carboxylic acids is 2. The summed E-state index contributed by atoms with van der Waals surface area (Å²) in [6.07, 6.45) is 3.80. The van der Waals surface area contributed by atoms with Crippen LogP contribution in [0.15, 0.2) is 17.8 Å². The van der Waals surface area contributed by atoms with Crippen molar-refractivity contribution in [2.45, 2.75) is 31.5 Å². The van der Waals surface area contributed by atoms with Crippen LogP contribution >= 0.6 is 23.1 Å². The fraction of sp³-hybridized carbons (Fsp3) is 0.400. The molecule has 0 fully saturated rings. The number of esters is 1. The van der Waals surface area contributed by atoms with Crippen molar-refractivity contribution in [3.05, 3.63) is 23.2 Å². The smallest absolute Gasteiger partial charge is 0.350 e. The maximum absolute atomic E-state index is 12.7. The molecule has 2 heterocycles. The quantitative estimate of drug-likeness (QED) is 0.395. The van der Waals surface area contributed by atoms with Gasteiger partial charge in [0, 0.05) is 0 Å². The molecule has 0 aliphatic rings. The Labute approximate surface area is 159 Å². The van der Waals surface area contributed by atoms with Gasteiger partial charge in [0.2, 0.25) is 11.9 Å². The van der Waals surface area contributed by atoms with Crippen LogP contribution in [0.4, 0.5) is 11.1 Å². The minimum Gasteiger partial charge on any atom is -0.457 e. The van der Waals surface area contributed by atoms with Crippen molar-refractivity contribution in [1.82, 2.24) is 19.7 Å². The zero-order valence-corrected chi connectivity index (χ0v) is 16.3. The van der Waals surface area contributed by atoms with Crippen molar-refractivity contribution in [3.8, 4) is 0 Å². The number of amides is 1. The molecule has 2 rings (SSSR count). The minimum atomic E-state index is -0.590. The molecule has 0 spiro atoms. The average Bonchev–Trinajstić information content (AvgIpc) is 3.16. The Bertz CT molecular complexity index is 816. The van der Waals surface area contributed by atoms with Gasteiger partial charge in [-0.2, -0.15) is 0 Å².